The number of carbonyl (C=O) groups is 1. The SMILES string of the molecule is O=C1CCCN1C(c1ccccc1)c1cccc(O)c1. The maximum absolute atomic E-state index is 12.1. The minimum atomic E-state index is -0.113. The van der Waals surface area contributed by atoms with Crippen LogP contribution in [0, 0.1) is 0 Å². The van der Waals surface area contributed by atoms with Crippen LogP contribution in [0.5, 0.6) is 5.75 Å². The van der Waals surface area contributed by atoms with Crippen LogP contribution in [-0.2, 0) is 4.79 Å². The largest absolute Gasteiger partial charge is 0.508 e. The first-order valence-electron chi connectivity index (χ1n) is 6.89. The van der Waals surface area contributed by atoms with Gasteiger partial charge in [0.05, 0.1) is 6.04 Å². The molecule has 1 aliphatic heterocycles. The van der Waals surface area contributed by atoms with Crippen LogP contribution < -0.4 is 0 Å². The third-order valence-corrected chi connectivity index (χ3v) is 3.72. The standard InChI is InChI=1S/C17H17NO2/c19-15-9-4-8-14(12-15)17(13-6-2-1-3-7-13)18-11-5-10-16(18)20/h1-4,6-9,12,17,19H,5,10-11H2. The number of hydrogen-bond acceptors (Lipinski definition) is 2. The number of hydrogen-bond donors (Lipinski definition) is 1. The van der Waals surface area contributed by atoms with Crippen LogP contribution >= 0.6 is 0 Å². The van der Waals surface area contributed by atoms with Crippen molar-refractivity contribution in [2.75, 3.05) is 6.54 Å². The average molecular weight is 267 g/mol. The molecule has 2 aromatic carbocycles. The topological polar surface area (TPSA) is 40.5 Å². The Balaban J connectivity index is 2.06. The predicted octanol–water partition coefficient (Wildman–Crippen LogP) is 3.10. The first kappa shape index (κ1) is 12.7. The van der Waals surface area contributed by atoms with Crippen molar-refractivity contribution in [3.8, 4) is 5.75 Å². The van der Waals surface area contributed by atoms with Gasteiger partial charge in [-0.25, -0.2) is 0 Å². The summed E-state index contributed by atoms with van der Waals surface area (Å²) in [6, 6.07) is 17.0. The Bertz CT molecular complexity index is 609. The lowest BCUT2D eigenvalue weighted by Crippen LogP contribution is -2.30. The Kier molecular flexibility index (Phi) is 3.42. The van der Waals surface area contributed by atoms with Gasteiger partial charge in [-0.1, -0.05) is 42.5 Å². The molecule has 0 saturated carbocycles. The lowest BCUT2D eigenvalue weighted by atomic mass is 9.97. The summed E-state index contributed by atoms with van der Waals surface area (Å²) in [6.45, 7) is 0.772. The number of likely N-dealkylation sites (tertiary alicyclic amines) is 1. The van der Waals surface area contributed by atoms with E-state index in [0.29, 0.717) is 6.42 Å². The van der Waals surface area contributed by atoms with Gasteiger partial charge in [0.15, 0.2) is 0 Å². The maximum atomic E-state index is 12.1. The van der Waals surface area contributed by atoms with Gasteiger partial charge in [0, 0.05) is 13.0 Å². The van der Waals surface area contributed by atoms with E-state index < -0.39 is 0 Å². The smallest absolute Gasteiger partial charge is 0.223 e. The van der Waals surface area contributed by atoms with Gasteiger partial charge in [0.2, 0.25) is 5.91 Å². The normalized spacial score (nSPS) is 16.4. The average Bonchev–Trinajstić information content (AvgIpc) is 2.87. The molecule has 1 amide bonds. The summed E-state index contributed by atoms with van der Waals surface area (Å²) in [5, 5.41) is 9.71. The highest BCUT2D eigenvalue weighted by molar-refractivity contribution is 5.79. The van der Waals surface area contributed by atoms with Crippen molar-refractivity contribution in [2.45, 2.75) is 18.9 Å². The molecule has 3 heteroatoms. The zero-order valence-electron chi connectivity index (χ0n) is 11.2. The van der Waals surface area contributed by atoms with Crippen LogP contribution in [0.1, 0.15) is 30.0 Å². The summed E-state index contributed by atoms with van der Waals surface area (Å²) in [7, 11) is 0. The van der Waals surface area contributed by atoms with Gasteiger partial charge in [0.1, 0.15) is 5.75 Å². The second kappa shape index (κ2) is 5.37. The van der Waals surface area contributed by atoms with Crippen molar-refractivity contribution in [1.82, 2.24) is 4.90 Å². The highest BCUT2D eigenvalue weighted by atomic mass is 16.3. The van der Waals surface area contributed by atoms with E-state index in [0.717, 1.165) is 24.1 Å². The van der Waals surface area contributed by atoms with Gasteiger partial charge >= 0.3 is 0 Å². The van der Waals surface area contributed by atoms with Crippen LogP contribution in [0.3, 0.4) is 0 Å². The molecule has 3 rings (SSSR count). The molecular formula is C17H17NO2. The number of nitrogens with zero attached hydrogens (tertiary/aromatic N) is 1. The number of aromatic hydroxyl groups is 1. The molecule has 2 aromatic rings. The van der Waals surface area contributed by atoms with Gasteiger partial charge in [-0.15, -0.1) is 0 Å². The van der Waals surface area contributed by atoms with Gasteiger partial charge in [-0.05, 0) is 29.7 Å². The van der Waals surface area contributed by atoms with E-state index in [9.17, 15) is 9.90 Å². The first-order chi connectivity index (χ1) is 9.75. The molecule has 0 radical (unpaired) electrons. The van der Waals surface area contributed by atoms with Gasteiger partial charge in [-0.3, -0.25) is 4.79 Å². The van der Waals surface area contributed by atoms with Crippen LogP contribution in [0.2, 0.25) is 0 Å². The summed E-state index contributed by atoms with van der Waals surface area (Å²) < 4.78 is 0. The van der Waals surface area contributed by atoms with E-state index in [1.54, 1.807) is 12.1 Å². The van der Waals surface area contributed by atoms with Gasteiger partial charge < -0.3 is 10.0 Å². The molecular weight excluding hydrogens is 250 g/mol. The quantitative estimate of drug-likeness (QED) is 0.928. The Labute approximate surface area is 118 Å². The number of rotatable bonds is 3. The number of amides is 1. The zero-order chi connectivity index (χ0) is 13.9. The van der Waals surface area contributed by atoms with Crippen LogP contribution in [0.25, 0.3) is 0 Å². The molecule has 1 aliphatic rings. The van der Waals surface area contributed by atoms with Gasteiger partial charge in [-0.2, -0.15) is 0 Å². The van der Waals surface area contributed by atoms with Crippen LogP contribution in [0.15, 0.2) is 54.6 Å². The molecule has 20 heavy (non-hydrogen) atoms. The predicted molar refractivity (Wildman–Crippen MR) is 77.3 cm³/mol. The highest BCUT2D eigenvalue weighted by Crippen LogP contribution is 2.33. The number of phenols is 1. The summed E-state index contributed by atoms with van der Waals surface area (Å²) in [5.41, 5.74) is 2.03. The Morgan fingerprint density at radius 2 is 1.75 bits per heavy atom. The molecule has 0 bridgehead atoms. The zero-order valence-corrected chi connectivity index (χ0v) is 11.2. The molecule has 3 nitrogen and oxygen atoms in total. The second-order valence-electron chi connectivity index (χ2n) is 5.10. The number of phenolic OH excluding ortho intramolecular Hbond substituents is 1. The fourth-order valence-electron chi connectivity index (χ4n) is 2.82. The van der Waals surface area contributed by atoms with E-state index in [1.165, 1.54) is 0 Å². The second-order valence-corrected chi connectivity index (χ2v) is 5.10. The molecule has 1 N–H and O–H groups in total. The van der Waals surface area contributed by atoms with Crippen molar-refractivity contribution in [3.05, 3.63) is 65.7 Å². The van der Waals surface area contributed by atoms with E-state index >= 15 is 0 Å². The molecule has 1 unspecified atom stereocenters. The van der Waals surface area contributed by atoms with Crippen molar-refractivity contribution in [2.24, 2.45) is 0 Å². The number of carbonyl (C=O) groups excluding carboxylic acids is 1. The van der Waals surface area contributed by atoms with Crippen LogP contribution in [0.4, 0.5) is 0 Å². The molecule has 1 fully saturated rings. The fourth-order valence-corrected chi connectivity index (χ4v) is 2.82. The lowest BCUT2D eigenvalue weighted by Gasteiger charge is -2.28. The van der Waals surface area contributed by atoms with E-state index in [-0.39, 0.29) is 17.7 Å². The van der Waals surface area contributed by atoms with Crippen molar-refractivity contribution >= 4 is 5.91 Å². The van der Waals surface area contributed by atoms with Crippen molar-refractivity contribution < 1.29 is 9.90 Å². The first-order valence-corrected chi connectivity index (χ1v) is 6.89. The minimum Gasteiger partial charge on any atom is -0.508 e. The number of benzene rings is 2. The minimum absolute atomic E-state index is 0.113. The fraction of sp³-hybridized carbons (Fsp3) is 0.235. The molecule has 1 atom stereocenters. The third kappa shape index (κ3) is 2.39. The molecule has 1 saturated heterocycles. The van der Waals surface area contributed by atoms with Gasteiger partial charge in [0.25, 0.3) is 0 Å². The summed E-state index contributed by atoms with van der Waals surface area (Å²) >= 11 is 0. The Hall–Kier alpha value is -2.29. The van der Waals surface area contributed by atoms with Crippen LogP contribution in [-0.4, -0.2) is 22.5 Å². The molecule has 1 heterocycles. The van der Waals surface area contributed by atoms with Crippen molar-refractivity contribution in [1.29, 1.82) is 0 Å². The molecule has 102 valence electrons. The monoisotopic (exact) mass is 267 g/mol. The summed E-state index contributed by atoms with van der Waals surface area (Å²) in [5.74, 6) is 0.414. The Morgan fingerprint density at radius 1 is 1.00 bits per heavy atom. The molecule has 0 aliphatic carbocycles. The maximum Gasteiger partial charge on any atom is 0.223 e. The van der Waals surface area contributed by atoms with E-state index in [4.69, 9.17) is 0 Å². The summed E-state index contributed by atoms with van der Waals surface area (Å²) in [4.78, 5) is 14.0. The lowest BCUT2D eigenvalue weighted by molar-refractivity contribution is -0.129. The molecule has 0 spiro atoms. The third-order valence-electron chi connectivity index (χ3n) is 3.72. The Morgan fingerprint density at radius 3 is 2.40 bits per heavy atom. The van der Waals surface area contributed by atoms with Crippen molar-refractivity contribution in [3.63, 3.8) is 0 Å². The van der Waals surface area contributed by atoms with E-state index in [2.05, 4.69) is 0 Å². The van der Waals surface area contributed by atoms with E-state index in [1.807, 2.05) is 47.4 Å². The summed E-state index contributed by atoms with van der Waals surface area (Å²) in [6.07, 6.45) is 1.52. The highest BCUT2D eigenvalue weighted by Gasteiger charge is 2.30. The molecule has 0 aromatic heterocycles.